The fourth-order valence-corrected chi connectivity index (χ4v) is 2.94. The van der Waals surface area contributed by atoms with Crippen molar-refractivity contribution in [3.8, 4) is 11.5 Å². The summed E-state index contributed by atoms with van der Waals surface area (Å²) in [7, 11) is 0. The number of nitrogens with zero attached hydrogens (tertiary/aromatic N) is 1. The first-order chi connectivity index (χ1) is 13.1. The lowest BCUT2D eigenvalue weighted by Gasteiger charge is -2.13. The van der Waals surface area contributed by atoms with Crippen molar-refractivity contribution in [2.24, 2.45) is 0 Å². The number of ether oxygens (including phenoxy) is 2. The van der Waals surface area contributed by atoms with Gasteiger partial charge in [-0.1, -0.05) is 6.07 Å². The molecule has 1 aromatic carbocycles. The highest BCUT2D eigenvalue weighted by atomic mass is 16.7. The molecule has 0 bridgehead atoms. The van der Waals surface area contributed by atoms with Gasteiger partial charge in [-0.15, -0.1) is 0 Å². The van der Waals surface area contributed by atoms with Gasteiger partial charge in [0.1, 0.15) is 11.8 Å². The number of benzene rings is 1. The van der Waals surface area contributed by atoms with E-state index in [9.17, 15) is 14.4 Å². The zero-order chi connectivity index (χ0) is 18.8. The Labute approximate surface area is 154 Å². The summed E-state index contributed by atoms with van der Waals surface area (Å²) in [5, 5.41) is 5.20. The maximum absolute atomic E-state index is 12.5. The van der Waals surface area contributed by atoms with Gasteiger partial charge in [-0.25, -0.2) is 4.79 Å². The standard InChI is InChI=1S/C18H17N3O6/c22-16(19-8-12-2-1-5-25-12)7-13-17(23)21(18(24)20-13)9-11-3-4-14-15(6-11)27-10-26-14/h1-6,13H,7-10H2,(H,19,22)(H,20,24). The van der Waals surface area contributed by atoms with Crippen LogP contribution < -0.4 is 20.1 Å². The summed E-state index contributed by atoms with van der Waals surface area (Å²) in [6, 6.07) is 7.26. The molecule has 9 nitrogen and oxygen atoms in total. The van der Waals surface area contributed by atoms with Gasteiger partial charge in [0, 0.05) is 0 Å². The molecule has 0 saturated carbocycles. The minimum atomic E-state index is -0.886. The molecule has 1 saturated heterocycles. The maximum atomic E-state index is 12.5. The molecule has 0 radical (unpaired) electrons. The van der Waals surface area contributed by atoms with Gasteiger partial charge in [0.05, 0.1) is 25.8 Å². The molecule has 1 aromatic heterocycles. The summed E-state index contributed by atoms with van der Waals surface area (Å²) in [5.41, 5.74) is 0.727. The van der Waals surface area contributed by atoms with Gasteiger partial charge in [0.15, 0.2) is 11.5 Å². The predicted octanol–water partition coefficient (Wildman–Crippen LogP) is 1.14. The molecule has 2 N–H and O–H groups in total. The number of nitrogens with one attached hydrogen (secondary N) is 2. The molecule has 1 fully saturated rings. The lowest BCUT2D eigenvalue weighted by atomic mass is 10.1. The molecule has 2 aromatic rings. The second-order valence-corrected chi connectivity index (χ2v) is 6.17. The van der Waals surface area contributed by atoms with E-state index in [0.717, 1.165) is 10.5 Å². The van der Waals surface area contributed by atoms with Crippen LogP contribution in [0.3, 0.4) is 0 Å². The third-order valence-corrected chi connectivity index (χ3v) is 4.31. The second kappa shape index (κ2) is 7.02. The molecule has 2 aliphatic rings. The van der Waals surface area contributed by atoms with Crippen LogP contribution in [-0.2, 0) is 22.7 Å². The molecule has 0 aliphatic carbocycles. The summed E-state index contributed by atoms with van der Waals surface area (Å²) in [6.07, 6.45) is 1.37. The molecule has 2 aliphatic heterocycles. The summed E-state index contributed by atoms with van der Waals surface area (Å²) < 4.78 is 15.7. The Morgan fingerprint density at radius 2 is 2.07 bits per heavy atom. The fraction of sp³-hybridized carbons (Fsp3) is 0.278. The monoisotopic (exact) mass is 371 g/mol. The topological polar surface area (TPSA) is 110 Å². The number of rotatable bonds is 6. The van der Waals surface area contributed by atoms with Crippen LogP contribution in [0, 0.1) is 0 Å². The van der Waals surface area contributed by atoms with Crippen molar-refractivity contribution in [2.75, 3.05) is 6.79 Å². The van der Waals surface area contributed by atoms with Crippen LogP contribution in [0.1, 0.15) is 17.7 Å². The first-order valence-electron chi connectivity index (χ1n) is 8.39. The number of carbonyl (C=O) groups excluding carboxylic acids is 3. The number of imide groups is 1. The highest BCUT2D eigenvalue weighted by Gasteiger charge is 2.39. The zero-order valence-electron chi connectivity index (χ0n) is 14.3. The van der Waals surface area contributed by atoms with Crippen LogP contribution in [-0.4, -0.2) is 35.6 Å². The lowest BCUT2D eigenvalue weighted by Crippen LogP contribution is -2.36. The molecular weight excluding hydrogens is 354 g/mol. The largest absolute Gasteiger partial charge is 0.467 e. The van der Waals surface area contributed by atoms with Crippen molar-refractivity contribution >= 4 is 17.8 Å². The summed E-state index contributed by atoms with van der Waals surface area (Å²) in [5.74, 6) is 1.02. The average Bonchev–Trinajstić information content (AvgIpc) is 3.38. The van der Waals surface area contributed by atoms with Crippen molar-refractivity contribution in [2.45, 2.75) is 25.6 Å². The molecule has 1 atom stereocenters. The van der Waals surface area contributed by atoms with Crippen molar-refractivity contribution in [1.82, 2.24) is 15.5 Å². The van der Waals surface area contributed by atoms with E-state index in [-0.39, 0.29) is 32.2 Å². The Morgan fingerprint density at radius 3 is 2.89 bits per heavy atom. The Bertz CT molecular complexity index is 879. The van der Waals surface area contributed by atoms with E-state index < -0.39 is 18.0 Å². The third-order valence-electron chi connectivity index (χ3n) is 4.31. The Hall–Kier alpha value is -3.49. The molecule has 0 spiro atoms. The first-order valence-corrected chi connectivity index (χ1v) is 8.39. The number of furan rings is 1. The number of hydrogen-bond acceptors (Lipinski definition) is 6. The SMILES string of the molecule is O=C(CC1NC(=O)N(Cc2ccc3c(c2)OCO3)C1=O)NCc1ccco1. The van der Waals surface area contributed by atoms with E-state index in [4.69, 9.17) is 13.9 Å². The van der Waals surface area contributed by atoms with Crippen molar-refractivity contribution in [3.05, 3.63) is 47.9 Å². The van der Waals surface area contributed by atoms with Crippen LogP contribution in [0.2, 0.25) is 0 Å². The van der Waals surface area contributed by atoms with Gasteiger partial charge < -0.3 is 24.5 Å². The average molecular weight is 371 g/mol. The van der Waals surface area contributed by atoms with E-state index in [2.05, 4.69) is 10.6 Å². The Balaban J connectivity index is 1.34. The molecular formula is C18H17N3O6. The van der Waals surface area contributed by atoms with E-state index in [0.29, 0.717) is 17.3 Å². The first kappa shape index (κ1) is 17.0. The van der Waals surface area contributed by atoms with Crippen molar-refractivity contribution < 1.29 is 28.3 Å². The smallest absolute Gasteiger partial charge is 0.325 e. The molecule has 140 valence electrons. The molecule has 9 heteroatoms. The van der Waals surface area contributed by atoms with E-state index in [1.807, 2.05) is 0 Å². The molecule has 3 heterocycles. The minimum Gasteiger partial charge on any atom is -0.467 e. The van der Waals surface area contributed by atoms with Crippen LogP contribution >= 0.6 is 0 Å². The van der Waals surface area contributed by atoms with Crippen molar-refractivity contribution in [1.29, 1.82) is 0 Å². The molecule has 27 heavy (non-hydrogen) atoms. The van der Waals surface area contributed by atoms with Crippen molar-refractivity contribution in [3.63, 3.8) is 0 Å². The Morgan fingerprint density at radius 1 is 1.22 bits per heavy atom. The number of amides is 4. The molecule has 4 amide bonds. The van der Waals surface area contributed by atoms with Crippen LogP contribution in [0.15, 0.2) is 41.0 Å². The van der Waals surface area contributed by atoms with Gasteiger partial charge in [0.2, 0.25) is 12.7 Å². The third kappa shape index (κ3) is 3.57. The summed E-state index contributed by atoms with van der Waals surface area (Å²) in [6.45, 7) is 0.463. The number of hydrogen-bond donors (Lipinski definition) is 2. The summed E-state index contributed by atoms with van der Waals surface area (Å²) >= 11 is 0. The quantitative estimate of drug-likeness (QED) is 0.737. The second-order valence-electron chi connectivity index (χ2n) is 6.17. The predicted molar refractivity (Wildman–Crippen MR) is 90.6 cm³/mol. The van der Waals surface area contributed by atoms with E-state index in [1.54, 1.807) is 30.3 Å². The number of carbonyl (C=O) groups is 3. The van der Waals surface area contributed by atoms with Crippen LogP contribution in [0.5, 0.6) is 11.5 Å². The van der Waals surface area contributed by atoms with Gasteiger partial charge in [0.25, 0.3) is 5.91 Å². The Kier molecular flexibility index (Phi) is 4.41. The van der Waals surface area contributed by atoms with Gasteiger partial charge in [-0.05, 0) is 29.8 Å². The van der Waals surface area contributed by atoms with Crippen LogP contribution in [0.4, 0.5) is 4.79 Å². The van der Waals surface area contributed by atoms with Crippen LogP contribution in [0.25, 0.3) is 0 Å². The summed E-state index contributed by atoms with van der Waals surface area (Å²) in [4.78, 5) is 37.8. The van der Waals surface area contributed by atoms with Gasteiger partial charge >= 0.3 is 6.03 Å². The number of urea groups is 1. The highest BCUT2D eigenvalue weighted by Crippen LogP contribution is 2.33. The van der Waals surface area contributed by atoms with Gasteiger partial charge in [-0.2, -0.15) is 0 Å². The van der Waals surface area contributed by atoms with Gasteiger partial charge in [-0.3, -0.25) is 14.5 Å². The lowest BCUT2D eigenvalue weighted by molar-refractivity contribution is -0.131. The maximum Gasteiger partial charge on any atom is 0.325 e. The van der Waals surface area contributed by atoms with E-state index >= 15 is 0 Å². The molecule has 1 unspecified atom stereocenters. The zero-order valence-corrected chi connectivity index (χ0v) is 14.3. The highest BCUT2D eigenvalue weighted by molar-refractivity contribution is 6.05. The number of fused-ring (bicyclic) bond motifs is 1. The normalized spacial score (nSPS) is 17.9. The molecule has 4 rings (SSSR count). The minimum absolute atomic E-state index is 0.0891. The fourth-order valence-electron chi connectivity index (χ4n) is 2.94. The van der Waals surface area contributed by atoms with E-state index in [1.165, 1.54) is 6.26 Å².